The first-order valence-corrected chi connectivity index (χ1v) is 7.03. The fraction of sp³-hybridized carbons (Fsp3) is 0.667. The number of ether oxygens (including phenoxy) is 1. The van der Waals surface area contributed by atoms with E-state index in [1.165, 1.54) is 11.3 Å². The molecule has 0 aromatic carbocycles. The van der Waals surface area contributed by atoms with Gasteiger partial charge in [0.2, 0.25) is 5.01 Å². The highest BCUT2D eigenvalue weighted by atomic mass is 32.1. The molecule has 0 radical (unpaired) electrons. The van der Waals surface area contributed by atoms with Crippen LogP contribution >= 0.6 is 11.3 Å². The predicted molar refractivity (Wildman–Crippen MR) is 70.7 cm³/mol. The monoisotopic (exact) mass is 272 g/mol. The fourth-order valence-electron chi connectivity index (χ4n) is 1.62. The largest absolute Gasteiger partial charge is 0.461 e. The number of aromatic nitrogens is 1. The van der Waals surface area contributed by atoms with Crippen molar-refractivity contribution in [2.45, 2.75) is 26.8 Å². The van der Waals surface area contributed by atoms with E-state index in [1.54, 1.807) is 6.92 Å². The van der Waals surface area contributed by atoms with Crippen molar-refractivity contribution < 1.29 is 14.6 Å². The maximum absolute atomic E-state index is 11.5. The quantitative estimate of drug-likeness (QED) is 0.727. The first kappa shape index (κ1) is 15.1. The maximum Gasteiger partial charge on any atom is 0.367 e. The normalized spacial score (nSPS) is 10.9. The van der Waals surface area contributed by atoms with Gasteiger partial charge in [0.1, 0.15) is 0 Å². The van der Waals surface area contributed by atoms with Crippen LogP contribution in [-0.2, 0) is 11.3 Å². The summed E-state index contributed by atoms with van der Waals surface area (Å²) in [4.78, 5) is 17.8. The summed E-state index contributed by atoms with van der Waals surface area (Å²) in [6.07, 6.45) is 1.02. The summed E-state index contributed by atoms with van der Waals surface area (Å²) in [6.45, 7) is 6.55. The summed E-state index contributed by atoms with van der Waals surface area (Å²) >= 11 is 1.30. The molecule has 18 heavy (non-hydrogen) atoms. The Labute approximate surface area is 111 Å². The molecule has 1 rings (SSSR count). The summed E-state index contributed by atoms with van der Waals surface area (Å²) in [5.74, 6) is -0.363. The second-order valence-corrected chi connectivity index (χ2v) is 4.72. The molecule has 102 valence electrons. The highest BCUT2D eigenvalue weighted by molar-refractivity contribution is 7.11. The molecule has 0 atom stereocenters. The van der Waals surface area contributed by atoms with E-state index in [0.29, 0.717) is 24.7 Å². The van der Waals surface area contributed by atoms with Crippen LogP contribution in [0.2, 0.25) is 0 Å². The van der Waals surface area contributed by atoms with Crippen LogP contribution in [0.15, 0.2) is 5.38 Å². The molecule has 0 spiro atoms. The highest BCUT2D eigenvalue weighted by Crippen LogP contribution is 2.13. The summed E-state index contributed by atoms with van der Waals surface area (Å²) in [7, 11) is 0. The van der Waals surface area contributed by atoms with Gasteiger partial charge in [-0.25, -0.2) is 9.78 Å². The predicted octanol–water partition coefficient (Wildman–Crippen LogP) is 1.52. The van der Waals surface area contributed by atoms with Crippen LogP contribution in [-0.4, -0.2) is 47.3 Å². The average molecular weight is 272 g/mol. The molecule has 0 aliphatic carbocycles. The van der Waals surface area contributed by atoms with E-state index in [-0.39, 0.29) is 12.6 Å². The van der Waals surface area contributed by atoms with Crippen molar-refractivity contribution in [3.05, 3.63) is 16.1 Å². The number of hydrogen-bond donors (Lipinski definition) is 1. The van der Waals surface area contributed by atoms with Crippen molar-refractivity contribution in [2.24, 2.45) is 0 Å². The van der Waals surface area contributed by atoms with Crippen molar-refractivity contribution in [2.75, 3.05) is 26.3 Å². The molecular weight excluding hydrogens is 252 g/mol. The molecule has 0 fully saturated rings. The van der Waals surface area contributed by atoms with Crippen LogP contribution in [0.5, 0.6) is 0 Å². The third-order valence-electron chi connectivity index (χ3n) is 2.34. The Balaban J connectivity index is 2.58. The summed E-state index contributed by atoms with van der Waals surface area (Å²) < 4.78 is 4.90. The molecule has 1 N–H and O–H groups in total. The van der Waals surface area contributed by atoms with E-state index >= 15 is 0 Å². The Morgan fingerprint density at radius 2 is 2.28 bits per heavy atom. The number of aliphatic hydroxyl groups is 1. The van der Waals surface area contributed by atoms with E-state index < -0.39 is 0 Å². The lowest BCUT2D eigenvalue weighted by Gasteiger charge is -2.18. The van der Waals surface area contributed by atoms with Gasteiger partial charge in [0.25, 0.3) is 0 Å². The van der Waals surface area contributed by atoms with E-state index in [4.69, 9.17) is 9.84 Å². The van der Waals surface area contributed by atoms with E-state index in [2.05, 4.69) is 16.8 Å². The molecule has 6 heteroatoms. The number of thiazole rings is 1. The zero-order valence-electron chi connectivity index (χ0n) is 10.9. The topological polar surface area (TPSA) is 62.7 Å². The molecular formula is C12H20N2O3S. The molecule has 0 saturated heterocycles. The Kier molecular flexibility index (Phi) is 6.85. The van der Waals surface area contributed by atoms with Crippen LogP contribution in [0.4, 0.5) is 0 Å². The van der Waals surface area contributed by atoms with Crippen molar-refractivity contribution in [3.63, 3.8) is 0 Å². The number of esters is 1. The molecule has 0 bridgehead atoms. The van der Waals surface area contributed by atoms with Gasteiger partial charge in [-0.15, -0.1) is 11.3 Å². The summed E-state index contributed by atoms with van der Waals surface area (Å²) in [5, 5.41) is 11.2. The SMILES string of the molecule is CCCN(CCO)Cc1csc(C(=O)OCC)n1. The van der Waals surface area contributed by atoms with Crippen LogP contribution in [0, 0.1) is 0 Å². The first-order valence-electron chi connectivity index (χ1n) is 6.16. The van der Waals surface area contributed by atoms with Gasteiger partial charge in [-0.1, -0.05) is 6.92 Å². The summed E-state index contributed by atoms with van der Waals surface area (Å²) in [5.41, 5.74) is 0.852. The Morgan fingerprint density at radius 1 is 1.50 bits per heavy atom. The van der Waals surface area contributed by atoms with Crippen molar-refractivity contribution in [3.8, 4) is 0 Å². The maximum atomic E-state index is 11.5. The number of nitrogens with zero attached hydrogens (tertiary/aromatic N) is 2. The van der Waals surface area contributed by atoms with Crippen molar-refractivity contribution >= 4 is 17.3 Å². The summed E-state index contributed by atoms with van der Waals surface area (Å²) in [6, 6.07) is 0. The number of rotatable bonds is 8. The molecule has 0 saturated carbocycles. The molecule has 0 unspecified atom stereocenters. The molecule has 0 aliphatic rings. The minimum atomic E-state index is -0.363. The molecule has 0 aliphatic heterocycles. The number of aliphatic hydroxyl groups excluding tert-OH is 1. The zero-order chi connectivity index (χ0) is 13.4. The Bertz CT molecular complexity index is 362. The number of carbonyl (C=O) groups excluding carboxylic acids is 1. The molecule has 0 amide bonds. The lowest BCUT2D eigenvalue weighted by molar-refractivity contribution is 0.0525. The van der Waals surface area contributed by atoms with Crippen LogP contribution < -0.4 is 0 Å². The van der Waals surface area contributed by atoms with E-state index in [1.807, 2.05) is 5.38 Å². The molecule has 5 nitrogen and oxygen atoms in total. The number of carbonyl (C=O) groups is 1. The zero-order valence-corrected chi connectivity index (χ0v) is 11.7. The fourth-order valence-corrected chi connectivity index (χ4v) is 2.32. The lowest BCUT2D eigenvalue weighted by Crippen LogP contribution is -2.27. The van der Waals surface area contributed by atoms with Gasteiger partial charge in [0.15, 0.2) is 0 Å². The van der Waals surface area contributed by atoms with Gasteiger partial charge < -0.3 is 9.84 Å². The second-order valence-electron chi connectivity index (χ2n) is 3.86. The van der Waals surface area contributed by atoms with Crippen LogP contribution in [0.3, 0.4) is 0 Å². The van der Waals surface area contributed by atoms with Crippen molar-refractivity contribution in [1.29, 1.82) is 0 Å². The van der Waals surface area contributed by atoms with E-state index in [9.17, 15) is 4.79 Å². The minimum absolute atomic E-state index is 0.134. The van der Waals surface area contributed by atoms with Gasteiger partial charge >= 0.3 is 5.97 Å². The van der Waals surface area contributed by atoms with E-state index in [0.717, 1.165) is 18.7 Å². The van der Waals surface area contributed by atoms with Crippen LogP contribution in [0.25, 0.3) is 0 Å². The Hall–Kier alpha value is -0.980. The van der Waals surface area contributed by atoms with Gasteiger partial charge in [0.05, 0.1) is 18.9 Å². The third kappa shape index (κ3) is 4.72. The highest BCUT2D eigenvalue weighted by Gasteiger charge is 2.13. The van der Waals surface area contributed by atoms with Gasteiger partial charge in [-0.3, -0.25) is 4.90 Å². The first-order chi connectivity index (χ1) is 8.71. The standard InChI is InChI=1S/C12H20N2O3S/c1-3-5-14(6-7-15)8-10-9-18-11(13-10)12(16)17-4-2/h9,15H,3-8H2,1-2H3. The number of hydrogen-bond acceptors (Lipinski definition) is 6. The molecule has 1 heterocycles. The van der Waals surface area contributed by atoms with Gasteiger partial charge in [-0.05, 0) is 19.9 Å². The van der Waals surface area contributed by atoms with Crippen molar-refractivity contribution in [1.82, 2.24) is 9.88 Å². The lowest BCUT2D eigenvalue weighted by atomic mass is 10.3. The van der Waals surface area contributed by atoms with Gasteiger partial charge in [-0.2, -0.15) is 0 Å². The average Bonchev–Trinajstić information content (AvgIpc) is 2.78. The second kappa shape index (κ2) is 8.18. The molecule has 1 aromatic rings. The Morgan fingerprint density at radius 3 is 2.89 bits per heavy atom. The third-order valence-corrected chi connectivity index (χ3v) is 3.21. The smallest absolute Gasteiger partial charge is 0.367 e. The van der Waals surface area contributed by atoms with Gasteiger partial charge in [0, 0.05) is 18.5 Å². The minimum Gasteiger partial charge on any atom is -0.461 e. The molecule has 1 aromatic heterocycles. The van der Waals surface area contributed by atoms with Crippen LogP contribution in [0.1, 0.15) is 35.8 Å².